The lowest BCUT2D eigenvalue weighted by atomic mass is 10.0. The monoisotopic (exact) mass is 216 g/mol. The van der Waals surface area contributed by atoms with Crippen molar-refractivity contribution in [3.63, 3.8) is 0 Å². The Hall–Kier alpha value is -1.63. The molecule has 0 unspecified atom stereocenters. The van der Waals surface area contributed by atoms with E-state index >= 15 is 0 Å². The lowest BCUT2D eigenvalue weighted by molar-refractivity contribution is 0.628. The van der Waals surface area contributed by atoms with Crippen molar-refractivity contribution in [1.82, 2.24) is 0 Å². The third kappa shape index (κ3) is 3.20. The van der Waals surface area contributed by atoms with E-state index in [0.717, 1.165) is 11.1 Å². The van der Waals surface area contributed by atoms with Crippen LogP contribution in [0.2, 0.25) is 0 Å². The Morgan fingerprint density at radius 3 is 1.94 bits per heavy atom. The first-order chi connectivity index (χ1) is 7.75. The van der Waals surface area contributed by atoms with E-state index < -0.39 is 0 Å². The Labute approximate surface area is 96.8 Å². The van der Waals surface area contributed by atoms with Crippen LogP contribution in [0.4, 0.5) is 4.39 Å². The molecule has 0 saturated carbocycles. The Morgan fingerprint density at radius 1 is 0.812 bits per heavy atom. The van der Waals surface area contributed by atoms with Crippen molar-refractivity contribution in [3.8, 4) is 11.1 Å². The number of hydrogen-bond donors (Lipinski definition) is 0. The standard InChI is InChI=1S/C13H11F.C2H6/c1-10-4-2-5-11(8-10)12-6-3-7-13(14)9-12;1-2/h2-9H,1H3;1-2H3. The second-order valence-corrected chi connectivity index (χ2v) is 3.38. The molecular formula is C15H17F. The molecule has 0 aliphatic carbocycles. The van der Waals surface area contributed by atoms with Crippen LogP contribution >= 0.6 is 0 Å². The van der Waals surface area contributed by atoms with E-state index in [4.69, 9.17) is 0 Å². The minimum absolute atomic E-state index is 0.191. The highest BCUT2D eigenvalue weighted by Crippen LogP contribution is 2.20. The normalized spacial score (nSPS) is 9.25. The molecular weight excluding hydrogens is 199 g/mol. The summed E-state index contributed by atoms with van der Waals surface area (Å²) in [5, 5.41) is 0. The van der Waals surface area contributed by atoms with Crippen molar-refractivity contribution in [1.29, 1.82) is 0 Å². The van der Waals surface area contributed by atoms with Gasteiger partial charge in [0.2, 0.25) is 0 Å². The summed E-state index contributed by atoms with van der Waals surface area (Å²) >= 11 is 0. The molecule has 16 heavy (non-hydrogen) atoms. The van der Waals surface area contributed by atoms with Crippen molar-refractivity contribution in [2.45, 2.75) is 20.8 Å². The van der Waals surface area contributed by atoms with Crippen LogP contribution in [0.25, 0.3) is 11.1 Å². The van der Waals surface area contributed by atoms with Gasteiger partial charge in [-0.2, -0.15) is 0 Å². The quantitative estimate of drug-likeness (QED) is 0.640. The van der Waals surface area contributed by atoms with Gasteiger partial charge in [0.15, 0.2) is 0 Å². The molecule has 0 fully saturated rings. The molecule has 0 aromatic heterocycles. The molecule has 2 aromatic carbocycles. The van der Waals surface area contributed by atoms with Gasteiger partial charge >= 0.3 is 0 Å². The molecule has 84 valence electrons. The molecule has 2 aromatic rings. The average molecular weight is 216 g/mol. The van der Waals surface area contributed by atoms with Crippen molar-refractivity contribution in [2.24, 2.45) is 0 Å². The summed E-state index contributed by atoms with van der Waals surface area (Å²) < 4.78 is 13.0. The zero-order chi connectivity index (χ0) is 12.0. The Balaban J connectivity index is 0.000000606. The number of aryl methyl sites for hydroxylation is 1. The largest absolute Gasteiger partial charge is 0.207 e. The van der Waals surface area contributed by atoms with Crippen LogP contribution in [0.15, 0.2) is 48.5 Å². The zero-order valence-electron chi connectivity index (χ0n) is 10.00. The molecule has 0 spiro atoms. The topological polar surface area (TPSA) is 0 Å². The lowest BCUT2D eigenvalue weighted by Gasteiger charge is -2.02. The van der Waals surface area contributed by atoms with Crippen molar-refractivity contribution >= 4 is 0 Å². The van der Waals surface area contributed by atoms with Gasteiger partial charge in [-0.1, -0.05) is 55.8 Å². The third-order valence-corrected chi connectivity index (χ3v) is 2.18. The highest BCUT2D eigenvalue weighted by molar-refractivity contribution is 5.63. The fourth-order valence-corrected chi connectivity index (χ4v) is 1.49. The van der Waals surface area contributed by atoms with E-state index in [1.165, 1.54) is 11.6 Å². The van der Waals surface area contributed by atoms with E-state index in [2.05, 4.69) is 6.07 Å². The van der Waals surface area contributed by atoms with Gasteiger partial charge in [-0.3, -0.25) is 0 Å². The van der Waals surface area contributed by atoms with Crippen molar-refractivity contribution in [2.75, 3.05) is 0 Å². The Kier molecular flexibility index (Phi) is 4.71. The van der Waals surface area contributed by atoms with Gasteiger partial charge in [0.25, 0.3) is 0 Å². The first kappa shape index (κ1) is 12.4. The van der Waals surface area contributed by atoms with Gasteiger partial charge < -0.3 is 0 Å². The van der Waals surface area contributed by atoms with Crippen LogP contribution in [-0.4, -0.2) is 0 Å². The van der Waals surface area contributed by atoms with Crippen LogP contribution in [-0.2, 0) is 0 Å². The lowest BCUT2D eigenvalue weighted by Crippen LogP contribution is -1.80. The van der Waals surface area contributed by atoms with Crippen LogP contribution < -0.4 is 0 Å². The summed E-state index contributed by atoms with van der Waals surface area (Å²) in [7, 11) is 0. The second kappa shape index (κ2) is 6.06. The van der Waals surface area contributed by atoms with Crippen LogP contribution in [0.1, 0.15) is 19.4 Å². The Morgan fingerprint density at radius 2 is 1.38 bits per heavy atom. The maximum absolute atomic E-state index is 13.0. The van der Waals surface area contributed by atoms with Crippen LogP contribution in [0.5, 0.6) is 0 Å². The number of halogens is 1. The summed E-state index contributed by atoms with van der Waals surface area (Å²) in [5.74, 6) is -0.191. The van der Waals surface area contributed by atoms with Gasteiger partial charge in [-0.05, 0) is 30.2 Å². The van der Waals surface area contributed by atoms with Gasteiger partial charge in [-0.15, -0.1) is 0 Å². The molecule has 1 heteroatoms. The van der Waals surface area contributed by atoms with E-state index in [-0.39, 0.29) is 5.82 Å². The van der Waals surface area contributed by atoms with E-state index in [1.54, 1.807) is 12.1 Å². The van der Waals surface area contributed by atoms with Crippen molar-refractivity contribution in [3.05, 3.63) is 59.9 Å². The van der Waals surface area contributed by atoms with Crippen LogP contribution in [0, 0.1) is 12.7 Å². The predicted octanol–water partition coefficient (Wildman–Crippen LogP) is 4.83. The fourth-order valence-electron chi connectivity index (χ4n) is 1.49. The average Bonchev–Trinajstić information content (AvgIpc) is 2.32. The number of hydrogen-bond acceptors (Lipinski definition) is 0. The maximum atomic E-state index is 13.0. The summed E-state index contributed by atoms with van der Waals surface area (Å²) in [6.07, 6.45) is 0. The number of benzene rings is 2. The second-order valence-electron chi connectivity index (χ2n) is 3.38. The summed E-state index contributed by atoms with van der Waals surface area (Å²) in [6.45, 7) is 6.03. The van der Waals surface area contributed by atoms with Gasteiger partial charge in [0.05, 0.1) is 0 Å². The molecule has 0 aliphatic heterocycles. The fraction of sp³-hybridized carbons (Fsp3) is 0.200. The molecule has 0 amide bonds. The molecule has 2 rings (SSSR count). The van der Waals surface area contributed by atoms with E-state index in [1.807, 2.05) is 45.0 Å². The maximum Gasteiger partial charge on any atom is 0.123 e. The van der Waals surface area contributed by atoms with Crippen LogP contribution in [0.3, 0.4) is 0 Å². The summed E-state index contributed by atoms with van der Waals surface area (Å²) in [6, 6.07) is 14.7. The smallest absolute Gasteiger partial charge is 0.123 e. The van der Waals surface area contributed by atoms with Crippen molar-refractivity contribution < 1.29 is 4.39 Å². The predicted molar refractivity (Wildman–Crippen MR) is 67.9 cm³/mol. The highest BCUT2D eigenvalue weighted by atomic mass is 19.1. The van der Waals surface area contributed by atoms with Gasteiger partial charge in [0, 0.05) is 0 Å². The zero-order valence-corrected chi connectivity index (χ0v) is 10.00. The van der Waals surface area contributed by atoms with E-state index in [0.29, 0.717) is 0 Å². The SMILES string of the molecule is CC.Cc1cccc(-c2cccc(F)c2)c1. The third-order valence-electron chi connectivity index (χ3n) is 2.18. The molecule has 0 saturated heterocycles. The molecule has 0 atom stereocenters. The molecule has 0 bridgehead atoms. The Bertz CT molecular complexity index is 403. The molecule has 0 nitrogen and oxygen atoms in total. The van der Waals surface area contributed by atoms with E-state index in [9.17, 15) is 4.39 Å². The molecule has 0 heterocycles. The first-order valence-electron chi connectivity index (χ1n) is 5.58. The summed E-state index contributed by atoms with van der Waals surface area (Å²) in [4.78, 5) is 0. The number of rotatable bonds is 1. The minimum atomic E-state index is -0.191. The molecule has 0 radical (unpaired) electrons. The molecule has 0 N–H and O–H groups in total. The highest BCUT2D eigenvalue weighted by Gasteiger charge is 1.98. The molecule has 0 aliphatic rings. The van der Waals surface area contributed by atoms with Gasteiger partial charge in [-0.25, -0.2) is 4.39 Å². The first-order valence-corrected chi connectivity index (χ1v) is 5.58. The summed E-state index contributed by atoms with van der Waals surface area (Å²) in [5.41, 5.74) is 3.17. The minimum Gasteiger partial charge on any atom is -0.207 e. The van der Waals surface area contributed by atoms with Gasteiger partial charge in [0.1, 0.15) is 5.82 Å².